The van der Waals surface area contributed by atoms with E-state index in [4.69, 9.17) is 16.0 Å². The number of amides is 1. The molecule has 0 spiro atoms. The normalized spacial score (nSPS) is 13.0. The van der Waals surface area contributed by atoms with Crippen LogP contribution in [0.15, 0.2) is 88.3 Å². The number of hydrogen-bond donors (Lipinski definition) is 0. The Hall–Kier alpha value is -4.23. The van der Waals surface area contributed by atoms with E-state index < -0.39 is 0 Å². The van der Waals surface area contributed by atoms with Gasteiger partial charge in [0, 0.05) is 33.9 Å². The van der Waals surface area contributed by atoms with E-state index in [0.29, 0.717) is 34.0 Å². The van der Waals surface area contributed by atoms with Gasteiger partial charge in [-0.05, 0) is 48.0 Å². The zero-order valence-corrected chi connectivity index (χ0v) is 17.9. The first kappa shape index (κ1) is 19.5. The highest BCUT2D eigenvalue weighted by atomic mass is 35.5. The molecule has 0 N–H and O–H groups in total. The molecule has 0 saturated heterocycles. The molecular weight excluding hydrogens is 440 g/mol. The number of oxazole rings is 1. The summed E-state index contributed by atoms with van der Waals surface area (Å²) < 4.78 is 7.51. The lowest BCUT2D eigenvalue weighted by molar-refractivity contribution is 0.0992. The van der Waals surface area contributed by atoms with E-state index in [2.05, 4.69) is 9.97 Å². The predicted molar refractivity (Wildman–Crippen MR) is 125 cm³/mol. The molecule has 6 rings (SSSR count). The SMILES string of the molecule is O=C1c2ccccc2CN1c1nc(-n2ccc3cccnc3c2=O)c(-c2ccc(Cl)cc2)o1. The van der Waals surface area contributed by atoms with Gasteiger partial charge < -0.3 is 4.42 Å². The molecule has 1 amide bonds. The third kappa shape index (κ3) is 3.13. The molecule has 1 aliphatic rings. The van der Waals surface area contributed by atoms with Crippen LogP contribution in [-0.2, 0) is 6.54 Å². The largest absolute Gasteiger partial charge is 0.421 e. The van der Waals surface area contributed by atoms with Gasteiger partial charge in [0.05, 0.1) is 6.54 Å². The standard InChI is InChI=1S/C25H15ClN4O3/c26-18-9-7-16(8-10-18)21-22(29-13-11-15-5-3-12-27-20(15)24(29)32)28-25(33-21)30-14-17-4-1-2-6-19(17)23(30)31/h1-13H,14H2. The van der Waals surface area contributed by atoms with Crippen LogP contribution in [-0.4, -0.2) is 20.4 Å². The van der Waals surface area contributed by atoms with Crippen LogP contribution in [0.25, 0.3) is 28.0 Å². The first-order valence-corrected chi connectivity index (χ1v) is 10.6. The topological polar surface area (TPSA) is 81.2 Å². The molecule has 0 unspecified atom stereocenters. The van der Waals surface area contributed by atoms with E-state index in [9.17, 15) is 9.59 Å². The molecule has 0 bridgehead atoms. The lowest BCUT2D eigenvalue weighted by Crippen LogP contribution is -2.24. The van der Waals surface area contributed by atoms with Crippen molar-refractivity contribution in [3.63, 3.8) is 0 Å². The van der Waals surface area contributed by atoms with Crippen molar-refractivity contribution in [2.24, 2.45) is 0 Å². The summed E-state index contributed by atoms with van der Waals surface area (Å²) in [5, 5.41) is 1.29. The second-order valence-electron chi connectivity index (χ2n) is 7.64. The fourth-order valence-corrected chi connectivity index (χ4v) is 4.14. The minimum atomic E-state index is -0.334. The van der Waals surface area contributed by atoms with Gasteiger partial charge in [-0.15, -0.1) is 0 Å². The molecule has 7 nitrogen and oxygen atoms in total. The molecule has 0 atom stereocenters. The lowest BCUT2D eigenvalue weighted by Gasteiger charge is -2.09. The number of carbonyl (C=O) groups excluding carboxylic acids is 1. The number of halogens is 1. The summed E-state index contributed by atoms with van der Waals surface area (Å²) in [6.07, 6.45) is 3.20. The molecule has 0 saturated carbocycles. The second kappa shape index (κ2) is 7.43. The zero-order valence-electron chi connectivity index (χ0n) is 17.1. The molecule has 4 heterocycles. The van der Waals surface area contributed by atoms with Crippen molar-refractivity contribution >= 4 is 34.4 Å². The number of aromatic nitrogens is 3. The molecule has 8 heteroatoms. The molecule has 160 valence electrons. The van der Waals surface area contributed by atoms with Crippen LogP contribution in [0.3, 0.4) is 0 Å². The smallest absolute Gasteiger partial charge is 0.307 e. The average molecular weight is 455 g/mol. The number of carbonyl (C=O) groups is 1. The van der Waals surface area contributed by atoms with Crippen molar-refractivity contribution in [3.05, 3.63) is 106 Å². The molecule has 3 aromatic heterocycles. The Morgan fingerprint density at radius 2 is 1.76 bits per heavy atom. The maximum absolute atomic E-state index is 13.3. The van der Waals surface area contributed by atoms with Crippen LogP contribution >= 0.6 is 11.6 Å². The minimum absolute atomic E-state index is 0.115. The van der Waals surface area contributed by atoms with Crippen molar-refractivity contribution in [1.29, 1.82) is 0 Å². The Labute approximate surface area is 192 Å². The van der Waals surface area contributed by atoms with Crippen LogP contribution in [0, 0.1) is 0 Å². The molecule has 0 aliphatic carbocycles. The van der Waals surface area contributed by atoms with Gasteiger partial charge in [-0.1, -0.05) is 35.9 Å². The number of anilines is 1. The summed E-state index contributed by atoms with van der Waals surface area (Å²) >= 11 is 6.06. The molecule has 0 fully saturated rings. The Morgan fingerprint density at radius 1 is 0.939 bits per heavy atom. The summed E-state index contributed by atoms with van der Waals surface area (Å²) in [6, 6.07) is 19.9. The Balaban J connectivity index is 1.55. The maximum Gasteiger partial charge on any atom is 0.307 e. The summed E-state index contributed by atoms with van der Waals surface area (Å²) in [5.74, 6) is 0.421. The summed E-state index contributed by atoms with van der Waals surface area (Å²) in [4.78, 5) is 36.6. The van der Waals surface area contributed by atoms with Gasteiger partial charge in [0.2, 0.25) is 0 Å². The number of rotatable bonds is 3. The van der Waals surface area contributed by atoms with Crippen molar-refractivity contribution in [1.82, 2.24) is 14.5 Å². The van der Waals surface area contributed by atoms with E-state index in [1.54, 1.807) is 54.9 Å². The number of fused-ring (bicyclic) bond motifs is 2. The van der Waals surface area contributed by atoms with Crippen LogP contribution in [0.4, 0.5) is 6.01 Å². The third-order valence-electron chi connectivity index (χ3n) is 5.65. The van der Waals surface area contributed by atoms with Gasteiger partial charge in [-0.2, -0.15) is 4.98 Å². The second-order valence-corrected chi connectivity index (χ2v) is 8.07. The molecular formula is C25H15ClN4O3. The number of nitrogens with zero attached hydrogens (tertiary/aromatic N) is 4. The van der Waals surface area contributed by atoms with Crippen molar-refractivity contribution < 1.29 is 9.21 Å². The first-order valence-electron chi connectivity index (χ1n) is 10.2. The first-order chi connectivity index (χ1) is 16.1. The van der Waals surface area contributed by atoms with Crippen molar-refractivity contribution in [2.45, 2.75) is 6.54 Å². The average Bonchev–Trinajstić information content (AvgIpc) is 3.42. The van der Waals surface area contributed by atoms with Gasteiger partial charge >= 0.3 is 6.01 Å². The highest BCUT2D eigenvalue weighted by Crippen LogP contribution is 2.35. The number of benzene rings is 2. The monoisotopic (exact) mass is 454 g/mol. The molecule has 1 aliphatic heterocycles. The number of pyridine rings is 2. The summed E-state index contributed by atoms with van der Waals surface area (Å²) in [5.41, 5.74) is 2.15. The molecule has 0 radical (unpaired) electrons. The molecule has 5 aromatic rings. The van der Waals surface area contributed by atoms with E-state index in [-0.39, 0.29) is 23.3 Å². The van der Waals surface area contributed by atoms with Crippen LogP contribution in [0.2, 0.25) is 5.02 Å². The highest BCUT2D eigenvalue weighted by molar-refractivity contribution is 6.30. The van der Waals surface area contributed by atoms with Crippen LogP contribution < -0.4 is 10.5 Å². The fourth-order valence-electron chi connectivity index (χ4n) is 4.01. The summed E-state index contributed by atoms with van der Waals surface area (Å²) in [6.45, 7) is 0.337. The van der Waals surface area contributed by atoms with Crippen molar-refractivity contribution in [3.8, 4) is 17.1 Å². The number of hydrogen-bond acceptors (Lipinski definition) is 5. The van der Waals surface area contributed by atoms with E-state index in [0.717, 1.165) is 10.9 Å². The van der Waals surface area contributed by atoms with Gasteiger partial charge in [-0.3, -0.25) is 24.0 Å². The van der Waals surface area contributed by atoms with Crippen LogP contribution in [0.1, 0.15) is 15.9 Å². The quantitative estimate of drug-likeness (QED) is 0.389. The van der Waals surface area contributed by atoms with E-state index >= 15 is 0 Å². The Bertz CT molecular complexity index is 1600. The predicted octanol–water partition coefficient (Wildman–Crippen LogP) is 4.85. The van der Waals surface area contributed by atoms with Gasteiger partial charge in [-0.25, -0.2) is 0 Å². The zero-order chi connectivity index (χ0) is 22.5. The maximum atomic E-state index is 13.3. The summed E-state index contributed by atoms with van der Waals surface area (Å²) in [7, 11) is 0. The third-order valence-corrected chi connectivity index (χ3v) is 5.90. The van der Waals surface area contributed by atoms with E-state index in [1.165, 1.54) is 9.47 Å². The fraction of sp³-hybridized carbons (Fsp3) is 0.0400. The van der Waals surface area contributed by atoms with Gasteiger partial charge in [0.25, 0.3) is 11.5 Å². The van der Waals surface area contributed by atoms with Gasteiger partial charge in [0.15, 0.2) is 11.6 Å². The minimum Gasteiger partial charge on any atom is -0.421 e. The van der Waals surface area contributed by atoms with Crippen molar-refractivity contribution in [2.75, 3.05) is 4.90 Å². The molecule has 2 aromatic carbocycles. The van der Waals surface area contributed by atoms with Crippen LogP contribution in [0.5, 0.6) is 0 Å². The molecule has 33 heavy (non-hydrogen) atoms. The Kier molecular flexibility index (Phi) is 4.38. The van der Waals surface area contributed by atoms with Gasteiger partial charge in [0.1, 0.15) is 5.52 Å². The Morgan fingerprint density at radius 3 is 2.58 bits per heavy atom. The highest BCUT2D eigenvalue weighted by Gasteiger charge is 2.33. The van der Waals surface area contributed by atoms with E-state index in [1.807, 2.05) is 24.3 Å². The lowest BCUT2D eigenvalue weighted by atomic mass is 10.1.